The number of carbonyl (C=O) groups is 5. The number of thiazole rings is 7. The number of rotatable bonds is 18. The van der Waals surface area contributed by atoms with Crippen LogP contribution in [0, 0.1) is 33.5 Å². The van der Waals surface area contributed by atoms with Gasteiger partial charge in [-0.15, -0.1) is 84.3 Å². The van der Waals surface area contributed by atoms with Crippen LogP contribution in [0.3, 0.4) is 0 Å². The SMILES string of the molecule is C1CCOC1.CC(C)(C)OC(=O)c1cccc(CNC(=O)Cc2nc3c(s2)CCCC3)c1.CC(C)CCON=O.CCO.Clc1nc2c(s1)CCCC2.N#CCc1nc2c(s1)CCCC2.N#CCc1nc2c(s1)CCCC2.Nc1nc2c(s1)CCCC2.O=C(Cc1nc2c(s1)CCCC2)NCc1cccc(C(=O)O)c1.O=C([O-])Cc1nc2c(s1)CCCC2.[2H]CF.[Cl][Cu][Cl].[Na+]. The fraction of sp³-hybridized carbons (Fsp3) is 0.560. The number of alkyl halides is 1. The molecule has 38 heteroatoms. The number of aliphatic hydroxyl groups is 1. The number of aliphatic hydroxyl groups excluding tert-OH is 1. The third-order valence-electron chi connectivity index (χ3n) is 19.9. The third kappa shape index (κ3) is 44.6. The van der Waals surface area contributed by atoms with Crippen LogP contribution in [0.4, 0.5) is 9.52 Å². The van der Waals surface area contributed by atoms with E-state index in [1.165, 1.54) is 214 Å². The standard InChI is InChI=1S/C21H26N2O3S.C17H18N2O3S.2C9H10N2S.C9H11NO2S.C7H8ClNS.C7H10N2S.C5H11NO2.C4H8O.C2H6O.CH3F.2ClH.Cu.Na/c1-21(2,3)26-20(25)15-8-6-7-14(11-15)13-22-18(24)12-19-23-16-9-4-5-10-17(16)27-19;20-15(9-16-19-13-6-1-2-7-14(13)23-16)18-10-11-4-3-5-12(8-11)17(21)22;2*10-6-5-9-11-7-3-1-2-4-8(7)12-9;11-9(12)5-8-10-6-3-1-2-4-7(6)13-8;2*8-7-9-5-3-1-2-4-6(5)10-7;1-5(2)3-4-8-6-7;1-2-4-5-3-1;1-2-3;1-2;;;;/h6-8,11H,4-5,9-10,12-13H2,1-3H3,(H,22,24);3-5,8H,1-2,6-7,9-10H2,(H,18,20)(H,21,22);2*1-5H2;1-5H2,(H,11,12);1-4H2;1-4H2,(H2,8,9);5H,3-4H2,1-2H3;1-4H2;3H,2H2,1H3;1H3;2*1H;;/q;;;;;;;;;;;;;+2;+1/p-3/i;;;;;;;;;;1D;;;;. The molecule has 8 heterocycles. The van der Waals surface area contributed by atoms with Crippen molar-refractivity contribution < 1.29 is 102 Å². The number of ether oxygens (including phenoxy) is 2. The molecule has 1 saturated heterocycles. The number of aromatic nitrogens is 7. The first-order chi connectivity index (χ1) is 62.2. The quantitative estimate of drug-likeness (QED) is 0.0175. The van der Waals surface area contributed by atoms with Gasteiger partial charge in [-0.25, -0.2) is 44.5 Å². The minimum absolute atomic E-state index is 0. The first-order valence-corrected chi connectivity index (χ1v) is 52.1. The number of carbonyl (C=O) groups excluding carboxylic acids is 4. The van der Waals surface area contributed by atoms with Gasteiger partial charge in [-0.3, -0.25) is 14.0 Å². The Hall–Kier alpha value is -6.38. The summed E-state index contributed by atoms with van der Waals surface area (Å²) in [6.07, 6.45) is 38.1. The van der Waals surface area contributed by atoms with E-state index in [-0.39, 0.29) is 72.4 Å². The predicted molar refractivity (Wildman–Crippen MR) is 507 cm³/mol. The van der Waals surface area contributed by atoms with Crippen LogP contribution in [0.2, 0.25) is 4.47 Å². The summed E-state index contributed by atoms with van der Waals surface area (Å²) in [4.78, 5) is 112. The van der Waals surface area contributed by atoms with Crippen molar-refractivity contribution in [2.24, 2.45) is 11.3 Å². The Morgan fingerprint density at radius 2 is 0.899 bits per heavy atom. The molecule has 9 aromatic rings. The Labute approximate surface area is 829 Å². The zero-order valence-electron chi connectivity index (χ0n) is 75.8. The minimum Gasteiger partial charge on any atom is 1.00 e. The van der Waals surface area contributed by atoms with Crippen molar-refractivity contribution in [3.05, 3.63) is 179 Å². The van der Waals surface area contributed by atoms with Crippen molar-refractivity contribution in [3.8, 4) is 12.1 Å². The normalized spacial score (nSPS) is 14.2. The second-order valence-corrected chi connectivity index (χ2v) is 41.9. The number of fused-ring (bicyclic) bond motifs is 7. The van der Waals surface area contributed by atoms with Gasteiger partial charge in [0.1, 0.15) is 32.2 Å². The summed E-state index contributed by atoms with van der Waals surface area (Å²) in [5, 5.41) is 57.1. The molecule has 25 nitrogen and oxygen atoms in total. The second-order valence-electron chi connectivity index (χ2n) is 31.7. The van der Waals surface area contributed by atoms with E-state index in [9.17, 15) is 38.4 Å². The van der Waals surface area contributed by atoms with Crippen LogP contribution in [0.1, 0.15) is 283 Å². The van der Waals surface area contributed by atoms with Gasteiger partial charge in [0.25, 0.3) is 0 Å². The first kappa shape index (κ1) is 111. The van der Waals surface area contributed by atoms with E-state index in [1.54, 1.807) is 111 Å². The van der Waals surface area contributed by atoms with Crippen LogP contribution >= 0.6 is 111 Å². The summed E-state index contributed by atoms with van der Waals surface area (Å²) >= 11 is 18.1. The van der Waals surface area contributed by atoms with Crippen LogP contribution in [-0.2, 0) is 177 Å². The molecular formula is C91H120Cl3CuFN13NaO12S7. The Balaban J connectivity index is 0.000000264. The topological polar surface area (TPSA) is 394 Å². The molecule has 1 aliphatic heterocycles. The van der Waals surface area contributed by atoms with Crippen LogP contribution in [0.15, 0.2) is 53.9 Å². The second kappa shape index (κ2) is 64.5. The number of esters is 1. The molecule has 0 spiro atoms. The van der Waals surface area contributed by atoms with Gasteiger partial charge in [-0.1, -0.05) is 49.7 Å². The van der Waals surface area contributed by atoms with E-state index >= 15 is 0 Å². The maximum absolute atomic E-state index is 12.3. The number of hydrogen-bond acceptors (Lipinski definition) is 29. The average molecular weight is 2030 g/mol. The molecule has 0 radical (unpaired) electrons. The number of carboxylic acid groups (broad SMARTS) is 2. The van der Waals surface area contributed by atoms with Crippen molar-refractivity contribution in [1.82, 2.24) is 45.5 Å². The number of nitriles is 2. The zero-order chi connectivity index (χ0) is 93.7. The first-order valence-electron chi connectivity index (χ1n) is 44.1. The third-order valence-corrected chi connectivity index (χ3v) is 27.9. The Morgan fingerprint density at radius 3 is 1.22 bits per heavy atom. The Kier molecular flexibility index (Phi) is 55.7. The molecule has 17 rings (SSSR count). The number of nitrogen functional groups attached to an aromatic ring is 1. The molecule has 7 aliphatic carbocycles. The summed E-state index contributed by atoms with van der Waals surface area (Å²) in [7, 11) is 8.34. The van der Waals surface area contributed by atoms with E-state index in [2.05, 4.69) is 102 Å². The van der Waals surface area contributed by atoms with E-state index in [4.69, 9.17) is 48.9 Å². The number of amides is 2. The van der Waals surface area contributed by atoms with E-state index < -0.39 is 24.7 Å². The summed E-state index contributed by atoms with van der Waals surface area (Å²) in [6.45, 7) is 14.7. The molecule has 2 amide bonds. The molecule has 0 saturated carbocycles. The van der Waals surface area contributed by atoms with Crippen LogP contribution in [-0.4, -0.2) is 114 Å². The molecule has 0 bridgehead atoms. The maximum atomic E-state index is 12.3. The number of anilines is 1. The summed E-state index contributed by atoms with van der Waals surface area (Å²) in [6, 6.07) is 18.0. The number of benzene rings is 2. The largest absolute Gasteiger partial charge is 1.00 e. The van der Waals surface area contributed by atoms with Crippen molar-refractivity contribution in [2.75, 3.05) is 39.3 Å². The average Bonchev–Trinajstić information content (AvgIpc) is 1.68. The van der Waals surface area contributed by atoms with Crippen LogP contribution in [0.25, 0.3) is 0 Å². The van der Waals surface area contributed by atoms with Crippen molar-refractivity contribution in [3.63, 3.8) is 0 Å². The number of aromatic carboxylic acids is 1. The molecule has 703 valence electrons. The van der Waals surface area contributed by atoms with Crippen molar-refractivity contribution in [2.45, 2.75) is 291 Å². The van der Waals surface area contributed by atoms with Crippen LogP contribution in [0.5, 0.6) is 0 Å². The van der Waals surface area contributed by atoms with Gasteiger partial charge in [0.2, 0.25) is 11.8 Å². The molecule has 0 atom stereocenters. The fourth-order valence-corrected chi connectivity index (χ4v) is 21.8. The molecular weight excluding hydrogens is 1900 g/mol. The molecule has 6 N–H and O–H groups in total. The molecule has 7 aromatic heterocycles. The van der Waals surface area contributed by atoms with Crippen molar-refractivity contribution >= 4 is 146 Å². The summed E-state index contributed by atoms with van der Waals surface area (Å²) < 4.78 is 26.5. The number of aryl methyl sites for hydroxylation is 14. The number of halogens is 4. The van der Waals surface area contributed by atoms with Crippen molar-refractivity contribution in [1.29, 1.82) is 10.5 Å². The van der Waals surface area contributed by atoms with Gasteiger partial charge in [-0.2, -0.15) is 10.5 Å². The number of aliphatic carboxylic acids is 1. The smallest absolute Gasteiger partial charge is 1.00 e. The van der Waals surface area contributed by atoms with Crippen LogP contribution < -0.4 is 51.0 Å². The molecule has 0 unspecified atom stereocenters. The predicted octanol–water partition coefficient (Wildman–Crippen LogP) is 16.7. The summed E-state index contributed by atoms with van der Waals surface area (Å²) in [5.41, 5.74) is 15.9. The number of hydrogen-bond donors (Lipinski definition) is 5. The van der Waals surface area contributed by atoms with Gasteiger partial charge < -0.3 is 50.8 Å². The van der Waals surface area contributed by atoms with E-state index in [1.807, 2.05) is 26.8 Å². The number of nitrogens with one attached hydrogen (secondary N) is 2. The van der Waals surface area contributed by atoms with Gasteiger partial charge in [-0.05, 0) is 268 Å². The minimum atomic E-state index is -1.04. The number of nitrogens with two attached hydrogens (primary N) is 1. The molecule has 129 heavy (non-hydrogen) atoms. The van der Waals surface area contributed by atoms with E-state index in [0.29, 0.717) is 59.9 Å². The van der Waals surface area contributed by atoms with Gasteiger partial charge >= 0.3 is 74.8 Å². The van der Waals surface area contributed by atoms with Gasteiger partial charge in [0, 0.05) is 79.4 Å². The number of carboxylic acids is 2. The molecule has 1 fully saturated rings. The maximum Gasteiger partial charge on any atom is 1.00 e. The van der Waals surface area contributed by atoms with Gasteiger partial charge in [0.05, 0.1) is 102 Å². The zero-order valence-corrected chi connectivity index (χ0v) is 85.7. The Morgan fingerprint density at radius 1 is 0.574 bits per heavy atom. The monoisotopic (exact) mass is 2020 g/mol. The Bertz CT molecular complexity index is 4670. The van der Waals surface area contributed by atoms with Gasteiger partial charge in [0.15, 0.2) is 14.9 Å². The molecule has 2 aromatic carbocycles. The fourth-order valence-electron chi connectivity index (χ4n) is 14.0. The molecule has 8 aliphatic rings. The van der Waals surface area contributed by atoms with E-state index in [0.717, 1.165) is 139 Å². The summed E-state index contributed by atoms with van der Waals surface area (Å²) in [5.74, 6) is -1.92. The number of nitrogens with zero attached hydrogens (tertiary/aromatic N) is 10.